The minimum Gasteiger partial charge on any atom is -0.295 e. The van der Waals surface area contributed by atoms with Crippen molar-refractivity contribution in [3.8, 4) is 5.69 Å². The summed E-state index contributed by atoms with van der Waals surface area (Å²) >= 11 is 0. The highest BCUT2D eigenvalue weighted by atomic mass is 16.1. The van der Waals surface area contributed by atoms with E-state index in [1.807, 2.05) is 31.2 Å². The summed E-state index contributed by atoms with van der Waals surface area (Å²) in [5.74, 6) is 0. The number of allylic oxidation sites excluding steroid dienone is 5. The average Bonchev–Trinajstić information content (AvgIpc) is 2.85. The van der Waals surface area contributed by atoms with Gasteiger partial charge in [-0.25, -0.2) is 4.68 Å². The summed E-state index contributed by atoms with van der Waals surface area (Å²) in [5, 5.41) is 3.03. The van der Waals surface area contributed by atoms with Crippen LogP contribution in [0.4, 0.5) is 0 Å². The molecule has 0 bridgehead atoms. The van der Waals surface area contributed by atoms with Gasteiger partial charge in [-0.3, -0.25) is 9.89 Å². The van der Waals surface area contributed by atoms with E-state index in [9.17, 15) is 4.79 Å². The summed E-state index contributed by atoms with van der Waals surface area (Å²) in [6.45, 7) is 1.88. The van der Waals surface area contributed by atoms with Crippen LogP contribution in [0.15, 0.2) is 65.0 Å². The van der Waals surface area contributed by atoms with Crippen LogP contribution in [0.3, 0.4) is 0 Å². The SMILES string of the molecule is Cc1cc(=O)n(-c2ccc(C=CC3=CCCC=C3)cc2)[nH]1. The van der Waals surface area contributed by atoms with Gasteiger partial charge in [-0.2, -0.15) is 0 Å². The second-order valence-electron chi connectivity index (χ2n) is 5.22. The molecule has 0 fully saturated rings. The molecule has 2 aromatic rings. The van der Waals surface area contributed by atoms with Crippen molar-refractivity contribution in [1.29, 1.82) is 0 Å². The lowest BCUT2D eigenvalue weighted by Gasteiger charge is -2.03. The second kappa shape index (κ2) is 5.83. The minimum absolute atomic E-state index is 0.0340. The van der Waals surface area contributed by atoms with Crippen LogP contribution in [0.25, 0.3) is 11.8 Å². The lowest BCUT2D eigenvalue weighted by Crippen LogP contribution is -2.13. The second-order valence-corrected chi connectivity index (χ2v) is 5.22. The number of H-pyrrole nitrogens is 1. The summed E-state index contributed by atoms with van der Waals surface area (Å²) in [4.78, 5) is 11.8. The minimum atomic E-state index is -0.0340. The van der Waals surface area contributed by atoms with Crippen molar-refractivity contribution in [2.24, 2.45) is 0 Å². The third-order valence-corrected chi connectivity index (χ3v) is 3.49. The number of aromatic amines is 1. The molecular formula is C18H18N2O. The smallest absolute Gasteiger partial charge is 0.271 e. The molecule has 0 aliphatic heterocycles. The van der Waals surface area contributed by atoms with E-state index in [1.54, 1.807) is 10.7 Å². The molecule has 21 heavy (non-hydrogen) atoms. The predicted molar refractivity (Wildman–Crippen MR) is 86.6 cm³/mol. The third-order valence-electron chi connectivity index (χ3n) is 3.49. The van der Waals surface area contributed by atoms with Gasteiger partial charge in [0.15, 0.2) is 0 Å². The molecule has 3 nitrogen and oxygen atoms in total. The van der Waals surface area contributed by atoms with Gasteiger partial charge in [0.05, 0.1) is 5.69 Å². The highest BCUT2D eigenvalue weighted by molar-refractivity contribution is 5.56. The van der Waals surface area contributed by atoms with Crippen molar-refractivity contribution in [3.05, 3.63) is 81.8 Å². The van der Waals surface area contributed by atoms with Gasteiger partial charge in [0.1, 0.15) is 0 Å². The van der Waals surface area contributed by atoms with Crippen molar-refractivity contribution in [1.82, 2.24) is 9.78 Å². The first kappa shape index (κ1) is 13.4. The molecule has 106 valence electrons. The molecule has 0 spiro atoms. The molecule has 0 unspecified atom stereocenters. The normalized spacial score (nSPS) is 14.6. The van der Waals surface area contributed by atoms with Gasteiger partial charge in [0.25, 0.3) is 5.56 Å². The van der Waals surface area contributed by atoms with Crippen LogP contribution < -0.4 is 5.56 Å². The highest BCUT2D eigenvalue weighted by Crippen LogP contribution is 2.14. The van der Waals surface area contributed by atoms with Gasteiger partial charge < -0.3 is 0 Å². The molecule has 0 saturated heterocycles. The largest absolute Gasteiger partial charge is 0.295 e. The zero-order chi connectivity index (χ0) is 14.7. The molecule has 1 heterocycles. The van der Waals surface area contributed by atoms with Gasteiger partial charge in [0.2, 0.25) is 0 Å². The van der Waals surface area contributed by atoms with Gasteiger partial charge in [-0.05, 0) is 43.0 Å². The van der Waals surface area contributed by atoms with Crippen LogP contribution >= 0.6 is 0 Å². The van der Waals surface area contributed by atoms with Crippen molar-refractivity contribution in [2.75, 3.05) is 0 Å². The van der Waals surface area contributed by atoms with Crippen LogP contribution in [0.1, 0.15) is 24.1 Å². The van der Waals surface area contributed by atoms with Gasteiger partial charge in [-0.15, -0.1) is 0 Å². The van der Waals surface area contributed by atoms with Crippen LogP contribution in [-0.4, -0.2) is 9.78 Å². The topological polar surface area (TPSA) is 37.8 Å². The van der Waals surface area contributed by atoms with E-state index in [1.165, 1.54) is 5.57 Å². The van der Waals surface area contributed by atoms with E-state index in [0.29, 0.717) is 0 Å². The molecule has 0 amide bonds. The number of aryl methyl sites for hydroxylation is 1. The fourth-order valence-electron chi connectivity index (χ4n) is 2.39. The number of hydrogen-bond donors (Lipinski definition) is 1. The molecule has 0 atom stereocenters. The highest BCUT2D eigenvalue weighted by Gasteiger charge is 2.01. The Morgan fingerprint density at radius 1 is 1.14 bits per heavy atom. The van der Waals surface area contributed by atoms with Crippen LogP contribution in [0.2, 0.25) is 0 Å². The maximum absolute atomic E-state index is 11.8. The number of aromatic nitrogens is 2. The van der Waals surface area contributed by atoms with Crippen LogP contribution in [0, 0.1) is 6.92 Å². The van der Waals surface area contributed by atoms with Crippen molar-refractivity contribution >= 4 is 6.08 Å². The maximum atomic E-state index is 11.8. The first-order valence-electron chi connectivity index (χ1n) is 7.16. The fourth-order valence-corrected chi connectivity index (χ4v) is 2.39. The quantitative estimate of drug-likeness (QED) is 0.912. The van der Waals surface area contributed by atoms with E-state index >= 15 is 0 Å². The number of rotatable bonds is 3. The maximum Gasteiger partial charge on any atom is 0.271 e. The van der Waals surface area contributed by atoms with Gasteiger partial charge >= 0.3 is 0 Å². The fraction of sp³-hybridized carbons (Fsp3) is 0.167. The summed E-state index contributed by atoms with van der Waals surface area (Å²) < 4.78 is 1.55. The molecule has 0 saturated carbocycles. The Morgan fingerprint density at radius 2 is 1.95 bits per heavy atom. The summed E-state index contributed by atoms with van der Waals surface area (Å²) in [6, 6.07) is 9.52. The summed E-state index contributed by atoms with van der Waals surface area (Å²) in [5.41, 5.74) is 4.05. The van der Waals surface area contributed by atoms with Crippen molar-refractivity contribution < 1.29 is 0 Å². The van der Waals surface area contributed by atoms with E-state index < -0.39 is 0 Å². The molecule has 1 N–H and O–H groups in total. The molecular weight excluding hydrogens is 260 g/mol. The molecule has 1 aliphatic carbocycles. The first-order chi connectivity index (χ1) is 10.2. The number of benzene rings is 1. The summed E-state index contributed by atoms with van der Waals surface area (Å²) in [6.07, 6.45) is 13.1. The van der Waals surface area contributed by atoms with Crippen LogP contribution in [0.5, 0.6) is 0 Å². The summed E-state index contributed by atoms with van der Waals surface area (Å²) in [7, 11) is 0. The number of nitrogens with zero attached hydrogens (tertiary/aromatic N) is 1. The van der Waals surface area contributed by atoms with E-state index in [4.69, 9.17) is 0 Å². The average molecular weight is 278 g/mol. The molecule has 3 heteroatoms. The van der Waals surface area contributed by atoms with Crippen LogP contribution in [-0.2, 0) is 0 Å². The Labute approximate surface area is 123 Å². The molecule has 1 aliphatic rings. The van der Waals surface area contributed by atoms with Gasteiger partial charge in [-0.1, -0.05) is 42.5 Å². The standard InChI is InChI=1S/C18H18N2O/c1-14-13-18(21)20(19-14)17-11-9-16(10-12-17)8-7-15-5-3-2-4-6-15/h3,5-13,19H,2,4H2,1H3. The zero-order valence-corrected chi connectivity index (χ0v) is 12.0. The Balaban J connectivity index is 1.79. The predicted octanol–water partition coefficient (Wildman–Crippen LogP) is 3.76. The lowest BCUT2D eigenvalue weighted by molar-refractivity contribution is 0.835. The van der Waals surface area contributed by atoms with Crippen molar-refractivity contribution in [2.45, 2.75) is 19.8 Å². The number of hydrogen-bond acceptors (Lipinski definition) is 1. The van der Waals surface area contributed by atoms with E-state index in [2.05, 4.69) is 35.5 Å². The number of nitrogens with one attached hydrogen (secondary N) is 1. The molecule has 1 aromatic heterocycles. The molecule has 1 aromatic carbocycles. The Bertz CT molecular complexity index is 770. The Morgan fingerprint density at radius 3 is 2.57 bits per heavy atom. The van der Waals surface area contributed by atoms with E-state index in [0.717, 1.165) is 29.8 Å². The Hall–Kier alpha value is -2.55. The van der Waals surface area contributed by atoms with E-state index in [-0.39, 0.29) is 5.56 Å². The molecule has 0 radical (unpaired) electrons. The van der Waals surface area contributed by atoms with Gasteiger partial charge in [0, 0.05) is 11.8 Å². The molecule has 3 rings (SSSR count). The zero-order valence-electron chi connectivity index (χ0n) is 12.0. The Kier molecular flexibility index (Phi) is 3.73. The monoisotopic (exact) mass is 278 g/mol. The lowest BCUT2D eigenvalue weighted by atomic mass is 10.1. The van der Waals surface area contributed by atoms with Crippen molar-refractivity contribution in [3.63, 3.8) is 0 Å². The first-order valence-corrected chi connectivity index (χ1v) is 7.16. The third kappa shape index (κ3) is 3.14.